The van der Waals surface area contributed by atoms with Gasteiger partial charge in [-0.25, -0.2) is 8.42 Å². The molecule has 1 fully saturated rings. The number of rotatable bonds is 6. The highest BCUT2D eigenvalue weighted by molar-refractivity contribution is 7.89. The molecule has 1 aliphatic rings. The summed E-state index contributed by atoms with van der Waals surface area (Å²) in [6.45, 7) is 4.18. The van der Waals surface area contributed by atoms with Crippen LogP contribution in [0.5, 0.6) is 0 Å². The van der Waals surface area contributed by atoms with Crippen LogP contribution < -0.4 is 10.2 Å². The first-order valence-electron chi connectivity index (χ1n) is 9.47. The predicted octanol–water partition coefficient (Wildman–Crippen LogP) is 1.75. The molecule has 1 saturated heterocycles. The monoisotopic (exact) mass is 412 g/mol. The van der Waals surface area contributed by atoms with E-state index in [4.69, 9.17) is 5.26 Å². The molecule has 0 aromatic heterocycles. The van der Waals surface area contributed by atoms with Crippen molar-refractivity contribution in [3.8, 4) is 6.07 Å². The summed E-state index contributed by atoms with van der Waals surface area (Å²) in [6, 6.07) is 16.5. The summed E-state index contributed by atoms with van der Waals surface area (Å²) < 4.78 is 26.7. The first-order chi connectivity index (χ1) is 13.9. The average Bonchev–Trinajstić information content (AvgIpc) is 2.73. The van der Waals surface area contributed by atoms with Gasteiger partial charge in [-0.3, -0.25) is 4.79 Å². The summed E-state index contributed by atoms with van der Waals surface area (Å²) in [7, 11) is -3.45. The summed E-state index contributed by atoms with van der Waals surface area (Å²) in [6.07, 6.45) is 0. The van der Waals surface area contributed by atoms with Crippen LogP contribution in [0.2, 0.25) is 0 Å². The van der Waals surface area contributed by atoms with E-state index in [9.17, 15) is 13.2 Å². The lowest BCUT2D eigenvalue weighted by molar-refractivity contribution is 0.0956. The Morgan fingerprint density at radius 3 is 2.52 bits per heavy atom. The lowest BCUT2D eigenvalue weighted by Crippen LogP contribution is -2.50. The van der Waals surface area contributed by atoms with Gasteiger partial charge < -0.3 is 10.2 Å². The Labute approximate surface area is 171 Å². The minimum atomic E-state index is -3.45. The number of anilines is 1. The largest absolute Gasteiger partial charge is 0.369 e. The van der Waals surface area contributed by atoms with Crippen molar-refractivity contribution in [1.82, 2.24) is 9.62 Å². The van der Waals surface area contributed by atoms with Gasteiger partial charge in [-0.05, 0) is 42.8 Å². The predicted molar refractivity (Wildman–Crippen MR) is 112 cm³/mol. The van der Waals surface area contributed by atoms with Gasteiger partial charge in [-0.2, -0.15) is 9.57 Å². The Hall–Kier alpha value is -2.89. The lowest BCUT2D eigenvalue weighted by atomic mass is 10.1. The number of hydrogen-bond donors (Lipinski definition) is 1. The van der Waals surface area contributed by atoms with Gasteiger partial charge in [0.15, 0.2) is 0 Å². The van der Waals surface area contributed by atoms with Crippen molar-refractivity contribution in [2.45, 2.75) is 6.92 Å². The zero-order chi connectivity index (χ0) is 20.9. The number of hydrogen-bond acceptors (Lipinski definition) is 5. The Kier molecular flexibility index (Phi) is 6.52. The van der Waals surface area contributed by atoms with Crippen LogP contribution in [0.1, 0.15) is 21.5 Å². The molecule has 2 aromatic rings. The lowest BCUT2D eigenvalue weighted by Gasteiger charge is -2.35. The van der Waals surface area contributed by atoms with E-state index in [2.05, 4.69) is 16.3 Å². The van der Waals surface area contributed by atoms with E-state index < -0.39 is 10.0 Å². The fourth-order valence-corrected chi connectivity index (χ4v) is 4.64. The maximum atomic E-state index is 12.6. The number of carbonyl (C=O) groups excluding carboxylic acids is 1. The summed E-state index contributed by atoms with van der Waals surface area (Å²) >= 11 is 0. The molecular weight excluding hydrogens is 388 g/mol. The van der Waals surface area contributed by atoms with E-state index in [0.717, 1.165) is 5.69 Å². The van der Waals surface area contributed by atoms with E-state index in [1.807, 2.05) is 31.2 Å². The molecule has 7 nitrogen and oxygen atoms in total. The molecule has 8 heteroatoms. The highest BCUT2D eigenvalue weighted by Gasteiger charge is 2.27. The fraction of sp³-hybridized carbons (Fsp3) is 0.333. The Morgan fingerprint density at radius 2 is 1.83 bits per heavy atom. The number of piperazine rings is 1. The quantitative estimate of drug-likeness (QED) is 0.780. The van der Waals surface area contributed by atoms with Crippen molar-refractivity contribution in [2.75, 3.05) is 43.4 Å². The second kappa shape index (κ2) is 9.07. The molecular formula is C21H24N4O3S. The van der Waals surface area contributed by atoms with Crippen LogP contribution in [-0.2, 0) is 10.0 Å². The Morgan fingerprint density at radius 1 is 1.10 bits per heavy atom. The van der Waals surface area contributed by atoms with Crippen LogP contribution in [0.15, 0.2) is 48.5 Å². The molecule has 2 aromatic carbocycles. The summed E-state index contributed by atoms with van der Waals surface area (Å²) in [5.41, 5.74) is 3.01. The number of sulfonamides is 1. The standard InChI is InChI=1S/C21H24N4O3S/c1-17-4-2-7-20(14-17)24-9-11-25(12-10-24)29(27,28)13-8-23-21(26)19-6-3-5-18(15-19)16-22/h2-7,14-15H,8-13H2,1H3,(H,23,26). The van der Waals surface area contributed by atoms with Gasteiger partial charge in [0.25, 0.3) is 5.91 Å². The number of nitrogens with zero attached hydrogens (tertiary/aromatic N) is 3. The van der Waals surface area contributed by atoms with Gasteiger partial charge in [0, 0.05) is 44.0 Å². The van der Waals surface area contributed by atoms with Gasteiger partial charge >= 0.3 is 0 Å². The molecule has 1 N–H and O–H groups in total. The van der Waals surface area contributed by atoms with Crippen molar-refractivity contribution >= 4 is 21.6 Å². The number of carbonyl (C=O) groups is 1. The molecule has 0 aliphatic carbocycles. The SMILES string of the molecule is Cc1cccc(N2CCN(S(=O)(=O)CCNC(=O)c3cccc(C#N)c3)CC2)c1. The molecule has 1 heterocycles. The number of amides is 1. The van der Waals surface area contributed by atoms with Gasteiger partial charge in [0.2, 0.25) is 10.0 Å². The molecule has 1 amide bonds. The van der Waals surface area contributed by atoms with Gasteiger partial charge in [-0.15, -0.1) is 0 Å². The molecule has 152 valence electrons. The van der Waals surface area contributed by atoms with Crippen LogP contribution in [0, 0.1) is 18.3 Å². The highest BCUT2D eigenvalue weighted by Crippen LogP contribution is 2.19. The maximum Gasteiger partial charge on any atom is 0.251 e. The molecule has 0 spiro atoms. The third kappa shape index (κ3) is 5.34. The van der Waals surface area contributed by atoms with E-state index >= 15 is 0 Å². The second-order valence-electron chi connectivity index (χ2n) is 6.99. The third-order valence-electron chi connectivity index (χ3n) is 4.90. The zero-order valence-electron chi connectivity index (χ0n) is 16.3. The van der Waals surface area contributed by atoms with Crippen LogP contribution in [0.25, 0.3) is 0 Å². The molecule has 0 atom stereocenters. The average molecular weight is 413 g/mol. The number of aryl methyl sites for hydroxylation is 1. The minimum Gasteiger partial charge on any atom is -0.369 e. The number of nitrogens with one attached hydrogen (secondary N) is 1. The summed E-state index contributed by atoms with van der Waals surface area (Å²) in [4.78, 5) is 14.4. The third-order valence-corrected chi connectivity index (χ3v) is 6.77. The fourth-order valence-electron chi connectivity index (χ4n) is 3.30. The molecule has 0 bridgehead atoms. The van der Waals surface area contributed by atoms with Gasteiger partial charge in [0.05, 0.1) is 17.4 Å². The normalized spacial score (nSPS) is 15.0. The topological polar surface area (TPSA) is 93.5 Å². The van der Waals surface area contributed by atoms with Crippen molar-refractivity contribution in [3.05, 3.63) is 65.2 Å². The molecule has 0 unspecified atom stereocenters. The van der Waals surface area contributed by atoms with Crippen molar-refractivity contribution < 1.29 is 13.2 Å². The highest BCUT2D eigenvalue weighted by atomic mass is 32.2. The first-order valence-corrected chi connectivity index (χ1v) is 11.1. The molecule has 0 saturated carbocycles. The van der Waals surface area contributed by atoms with Crippen LogP contribution in [-0.4, -0.2) is 57.1 Å². The summed E-state index contributed by atoms with van der Waals surface area (Å²) in [5.74, 6) is -0.539. The van der Waals surface area contributed by atoms with Crippen LogP contribution in [0.4, 0.5) is 5.69 Å². The first kappa shape index (κ1) is 20.8. The van der Waals surface area contributed by atoms with E-state index in [-0.39, 0.29) is 18.2 Å². The summed E-state index contributed by atoms with van der Waals surface area (Å²) in [5, 5.41) is 11.5. The van der Waals surface area contributed by atoms with Crippen molar-refractivity contribution in [1.29, 1.82) is 5.26 Å². The van der Waals surface area contributed by atoms with E-state index in [1.54, 1.807) is 18.2 Å². The molecule has 29 heavy (non-hydrogen) atoms. The molecule has 0 radical (unpaired) electrons. The minimum absolute atomic E-state index is 0.0239. The Bertz CT molecular complexity index is 1020. The zero-order valence-corrected chi connectivity index (χ0v) is 17.2. The van der Waals surface area contributed by atoms with Crippen LogP contribution in [0.3, 0.4) is 0 Å². The smallest absolute Gasteiger partial charge is 0.251 e. The molecule has 3 rings (SSSR count). The molecule has 1 aliphatic heterocycles. The Balaban J connectivity index is 1.50. The van der Waals surface area contributed by atoms with Crippen molar-refractivity contribution in [2.24, 2.45) is 0 Å². The number of benzene rings is 2. The van der Waals surface area contributed by atoms with Gasteiger partial charge in [-0.1, -0.05) is 18.2 Å². The second-order valence-corrected chi connectivity index (χ2v) is 9.08. The number of nitriles is 1. The van der Waals surface area contributed by atoms with E-state index in [1.165, 1.54) is 15.9 Å². The van der Waals surface area contributed by atoms with Crippen molar-refractivity contribution in [3.63, 3.8) is 0 Å². The maximum absolute atomic E-state index is 12.6. The van der Waals surface area contributed by atoms with Crippen LogP contribution >= 0.6 is 0 Å². The van der Waals surface area contributed by atoms with Gasteiger partial charge in [0.1, 0.15) is 0 Å². The van der Waals surface area contributed by atoms with E-state index in [0.29, 0.717) is 37.3 Å².